The van der Waals surface area contributed by atoms with Crippen molar-refractivity contribution in [3.63, 3.8) is 0 Å². The number of rotatable bonds is 5. The molecular weight excluding hydrogens is 226 g/mol. The SMILES string of the molecule is COC(=O)CCCC(C)c1cc(Cl)ccn1. The zero-order valence-electron chi connectivity index (χ0n) is 9.57. The summed E-state index contributed by atoms with van der Waals surface area (Å²) in [4.78, 5) is 15.2. The van der Waals surface area contributed by atoms with Crippen LogP contribution in [0.4, 0.5) is 0 Å². The van der Waals surface area contributed by atoms with Crippen molar-refractivity contribution in [3.05, 3.63) is 29.0 Å². The highest BCUT2D eigenvalue weighted by molar-refractivity contribution is 6.30. The van der Waals surface area contributed by atoms with E-state index in [2.05, 4.69) is 16.6 Å². The van der Waals surface area contributed by atoms with Crippen molar-refractivity contribution < 1.29 is 9.53 Å². The van der Waals surface area contributed by atoms with E-state index in [0.29, 0.717) is 17.4 Å². The Hall–Kier alpha value is -1.09. The van der Waals surface area contributed by atoms with Crippen LogP contribution in [0.5, 0.6) is 0 Å². The predicted molar refractivity (Wildman–Crippen MR) is 63.5 cm³/mol. The first kappa shape index (κ1) is 13.0. The van der Waals surface area contributed by atoms with Gasteiger partial charge in [-0.15, -0.1) is 0 Å². The van der Waals surface area contributed by atoms with Crippen LogP contribution >= 0.6 is 11.6 Å². The first-order valence-corrected chi connectivity index (χ1v) is 5.69. The van der Waals surface area contributed by atoms with Gasteiger partial charge < -0.3 is 4.74 Å². The molecule has 1 atom stereocenters. The van der Waals surface area contributed by atoms with Gasteiger partial charge in [-0.2, -0.15) is 0 Å². The molecule has 1 rings (SSSR count). The lowest BCUT2D eigenvalue weighted by atomic mass is 10.00. The summed E-state index contributed by atoms with van der Waals surface area (Å²) >= 11 is 5.88. The number of carbonyl (C=O) groups is 1. The molecule has 0 bridgehead atoms. The van der Waals surface area contributed by atoms with E-state index in [9.17, 15) is 4.79 Å². The lowest BCUT2D eigenvalue weighted by Crippen LogP contribution is -2.02. The number of nitrogens with zero attached hydrogens (tertiary/aromatic N) is 1. The molecular formula is C12H16ClNO2. The lowest BCUT2D eigenvalue weighted by molar-refractivity contribution is -0.140. The highest BCUT2D eigenvalue weighted by Gasteiger charge is 2.08. The number of pyridine rings is 1. The molecule has 0 N–H and O–H groups in total. The van der Waals surface area contributed by atoms with E-state index >= 15 is 0 Å². The Bertz CT molecular complexity index is 355. The summed E-state index contributed by atoms with van der Waals surface area (Å²) in [7, 11) is 1.41. The Kier molecular flexibility index (Phi) is 5.26. The summed E-state index contributed by atoms with van der Waals surface area (Å²) < 4.78 is 4.58. The van der Waals surface area contributed by atoms with Crippen molar-refractivity contribution in [3.8, 4) is 0 Å². The summed E-state index contributed by atoms with van der Waals surface area (Å²) in [6.45, 7) is 2.08. The van der Waals surface area contributed by atoms with Crippen LogP contribution in [0.3, 0.4) is 0 Å². The van der Waals surface area contributed by atoms with Crippen molar-refractivity contribution in [2.75, 3.05) is 7.11 Å². The molecule has 0 radical (unpaired) electrons. The third kappa shape index (κ3) is 4.19. The average molecular weight is 242 g/mol. The molecule has 1 unspecified atom stereocenters. The monoisotopic (exact) mass is 241 g/mol. The standard InChI is InChI=1S/C12H16ClNO2/c1-9(4-3-5-12(15)16-2)11-8-10(13)6-7-14-11/h6-9H,3-5H2,1-2H3. The van der Waals surface area contributed by atoms with E-state index in [-0.39, 0.29) is 5.97 Å². The minimum absolute atomic E-state index is 0.161. The molecule has 16 heavy (non-hydrogen) atoms. The maximum Gasteiger partial charge on any atom is 0.305 e. The van der Waals surface area contributed by atoms with Gasteiger partial charge in [-0.3, -0.25) is 9.78 Å². The van der Waals surface area contributed by atoms with Crippen LogP contribution in [0, 0.1) is 0 Å². The smallest absolute Gasteiger partial charge is 0.305 e. The minimum Gasteiger partial charge on any atom is -0.469 e. The Balaban J connectivity index is 2.40. The van der Waals surface area contributed by atoms with Gasteiger partial charge in [0.15, 0.2) is 0 Å². The Labute approximate surface area is 101 Å². The molecule has 0 spiro atoms. The molecule has 0 saturated heterocycles. The molecule has 0 saturated carbocycles. The van der Waals surface area contributed by atoms with Gasteiger partial charge >= 0.3 is 5.97 Å². The first-order chi connectivity index (χ1) is 7.63. The van der Waals surface area contributed by atoms with Gasteiger partial charge in [0.25, 0.3) is 0 Å². The van der Waals surface area contributed by atoms with Gasteiger partial charge in [-0.05, 0) is 30.9 Å². The van der Waals surface area contributed by atoms with E-state index in [1.54, 1.807) is 12.3 Å². The average Bonchev–Trinajstić information content (AvgIpc) is 2.28. The van der Waals surface area contributed by atoms with Crippen molar-refractivity contribution in [1.82, 2.24) is 4.98 Å². The van der Waals surface area contributed by atoms with Gasteiger partial charge in [0, 0.05) is 23.3 Å². The second-order valence-corrected chi connectivity index (χ2v) is 4.20. The number of aromatic nitrogens is 1. The van der Waals surface area contributed by atoms with Crippen molar-refractivity contribution >= 4 is 17.6 Å². The lowest BCUT2D eigenvalue weighted by Gasteiger charge is -2.10. The quantitative estimate of drug-likeness (QED) is 0.744. The molecule has 4 heteroatoms. The maximum atomic E-state index is 10.9. The number of halogens is 1. The van der Waals surface area contributed by atoms with Crippen molar-refractivity contribution in [2.45, 2.75) is 32.1 Å². The molecule has 1 heterocycles. The second-order valence-electron chi connectivity index (χ2n) is 3.77. The molecule has 0 fully saturated rings. The molecule has 0 aliphatic heterocycles. The van der Waals surface area contributed by atoms with Crippen molar-refractivity contribution in [2.24, 2.45) is 0 Å². The summed E-state index contributed by atoms with van der Waals surface area (Å²) in [5, 5.41) is 0.699. The number of ether oxygens (including phenoxy) is 1. The molecule has 3 nitrogen and oxygen atoms in total. The van der Waals surface area contributed by atoms with E-state index in [1.807, 2.05) is 6.07 Å². The predicted octanol–water partition coefficient (Wildman–Crippen LogP) is 3.18. The van der Waals surface area contributed by atoms with E-state index < -0.39 is 0 Å². The topological polar surface area (TPSA) is 39.2 Å². The van der Waals surface area contributed by atoms with Gasteiger partial charge in [-0.1, -0.05) is 18.5 Å². The molecule has 1 aromatic heterocycles. The number of esters is 1. The van der Waals surface area contributed by atoms with Gasteiger partial charge in [0.1, 0.15) is 0 Å². The van der Waals surface area contributed by atoms with Crippen LogP contribution in [-0.2, 0) is 9.53 Å². The summed E-state index contributed by atoms with van der Waals surface area (Å²) in [5.74, 6) is 0.148. The summed E-state index contributed by atoms with van der Waals surface area (Å²) in [6, 6.07) is 3.62. The zero-order valence-corrected chi connectivity index (χ0v) is 10.3. The van der Waals surface area contributed by atoms with Crippen LogP contribution in [-0.4, -0.2) is 18.1 Å². The molecule has 0 amide bonds. The van der Waals surface area contributed by atoms with Crippen LogP contribution in [0.1, 0.15) is 37.8 Å². The largest absolute Gasteiger partial charge is 0.469 e. The van der Waals surface area contributed by atoms with Crippen LogP contribution in [0.25, 0.3) is 0 Å². The van der Waals surface area contributed by atoms with E-state index in [1.165, 1.54) is 7.11 Å². The number of hydrogen-bond acceptors (Lipinski definition) is 3. The molecule has 0 aromatic carbocycles. The first-order valence-electron chi connectivity index (χ1n) is 5.31. The highest BCUT2D eigenvalue weighted by Crippen LogP contribution is 2.21. The molecule has 88 valence electrons. The fourth-order valence-electron chi connectivity index (χ4n) is 1.49. The van der Waals surface area contributed by atoms with Crippen LogP contribution in [0.15, 0.2) is 18.3 Å². The van der Waals surface area contributed by atoms with Crippen LogP contribution in [0.2, 0.25) is 5.02 Å². The number of methoxy groups -OCH3 is 1. The van der Waals surface area contributed by atoms with E-state index in [0.717, 1.165) is 18.5 Å². The van der Waals surface area contributed by atoms with Crippen LogP contribution < -0.4 is 0 Å². The molecule has 0 aliphatic rings. The Morgan fingerprint density at radius 3 is 3.00 bits per heavy atom. The second kappa shape index (κ2) is 6.48. The molecule has 1 aromatic rings. The van der Waals surface area contributed by atoms with Gasteiger partial charge in [0.05, 0.1) is 7.11 Å². The third-order valence-corrected chi connectivity index (χ3v) is 2.73. The highest BCUT2D eigenvalue weighted by atomic mass is 35.5. The van der Waals surface area contributed by atoms with Crippen molar-refractivity contribution in [1.29, 1.82) is 0 Å². The van der Waals surface area contributed by atoms with Gasteiger partial charge in [-0.25, -0.2) is 0 Å². The van der Waals surface area contributed by atoms with Gasteiger partial charge in [0.2, 0.25) is 0 Å². The fraction of sp³-hybridized carbons (Fsp3) is 0.500. The third-order valence-electron chi connectivity index (χ3n) is 2.49. The zero-order chi connectivity index (χ0) is 12.0. The number of hydrogen-bond donors (Lipinski definition) is 0. The summed E-state index contributed by atoms with van der Waals surface area (Å²) in [6.07, 6.45) is 3.88. The fourth-order valence-corrected chi connectivity index (χ4v) is 1.66. The Morgan fingerprint density at radius 1 is 1.62 bits per heavy atom. The maximum absolute atomic E-state index is 10.9. The minimum atomic E-state index is -0.161. The van der Waals surface area contributed by atoms with E-state index in [4.69, 9.17) is 11.6 Å². The Morgan fingerprint density at radius 2 is 2.38 bits per heavy atom. The normalized spacial score (nSPS) is 12.2. The number of carbonyl (C=O) groups excluding carboxylic acids is 1. The summed E-state index contributed by atoms with van der Waals surface area (Å²) in [5.41, 5.74) is 0.970. The molecule has 0 aliphatic carbocycles.